The molecule has 0 saturated heterocycles. The van der Waals surface area contributed by atoms with Crippen molar-refractivity contribution in [1.29, 1.82) is 0 Å². The van der Waals surface area contributed by atoms with Crippen molar-refractivity contribution in [2.45, 2.75) is 38.7 Å². The number of rotatable bonds is 6. The Morgan fingerprint density at radius 3 is 2.35 bits per heavy atom. The van der Waals surface area contributed by atoms with Gasteiger partial charge in [0.2, 0.25) is 5.90 Å². The Morgan fingerprint density at radius 2 is 1.73 bits per heavy atom. The lowest BCUT2D eigenvalue weighted by atomic mass is 9.89. The summed E-state index contributed by atoms with van der Waals surface area (Å²) >= 11 is 0. The quantitative estimate of drug-likeness (QED) is 0.584. The molecule has 0 fully saturated rings. The van der Waals surface area contributed by atoms with Crippen LogP contribution in [-0.2, 0) is 19.0 Å². The lowest BCUT2D eigenvalue weighted by molar-refractivity contribution is -0.217. The fourth-order valence-corrected chi connectivity index (χ4v) is 3.04. The van der Waals surface area contributed by atoms with E-state index in [2.05, 4.69) is 0 Å². The molecular formula is C21H23NO4. The van der Waals surface area contributed by atoms with Gasteiger partial charge in [0.1, 0.15) is 6.04 Å². The predicted octanol–water partition coefficient (Wildman–Crippen LogP) is 3.89. The van der Waals surface area contributed by atoms with Crippen LogP contribution in [0.3, 0.4) is 0 Å². The fraction of sp³-hybridized carbons (Fsp3) is 0.333. The second-order valence-electron chi connectivity index (χ2n) is 6.25. The van der Waals surface area contributed by atoms with E-state index in [-0.39, 0.29) is 0 Å². The summed E-state index contributed by atoms with van der Waals surface area (Å²) in [4.78, 5) is 17.7. The van der Waals surface area contributed by atoms with Crippen LogP contribution < -0.4 is 0 Å². The molecule has 0 aromatic heterocycles. The third-order valence-corrected chi connectivity index (χ3v) is 4.31. The molecule has 1 aliphatic rings. The van der Waals surface area contributed by atoms with Gasteiger partial charge in [-0.15, -0.1) is 0 Å². The number of carbonyl (C=O) groups is 1. The third kappa shape index (κ3) is 3.69. The van der Waals surface area contributed by atoms with Crippen molar-refractivity contribution in [3.8, 4) is 0 Å². The summed E-state index contributed by atoms with van der Waals surface area (Å²) in [5.41, 5.74) is 0.347. The van der Waals surface area contributed by atoms with Gasteiger partial charge in [-0.3, -0.25) is 0 Å². The van der Waals surface area contributed by atoms with Crippen LogP contribution >= 0.6 is 0 Å². The highest BCUT2D eigenvalue weighted by Gasteiger charge is 2.50. The van der Waals surface area contributed by atoms with Gasteiger partial charge in [-0.05, 0) is 38.5 Å². The Labute approximate surface area is 153 Å². The molecule has 5 heteroatoms. The van der Waals surface area contributed by atoms with Crippen LogP contribution in [0.2, 0.25) is 0 Å². The van der Waals surface area contributed by atoms with E-state index < -0.39 is 23.9 Å². The zero-order valence-electron chi connectivity index (χ0n) is 15.2. The van der Waals surface area contributed by atoms with E-state index in [0.29, 0.717) is 12.5 Å². The molecule has 1 aliphatic heterocycles. The highest BCUT2D eigenvalue weighted by atomic mass is 16.7. The minimum Gasteiger partial charge on any atom is -0.405 e. The molecule has 3 unspecified atom stereocenters. The molecule has 0 amide bonds. The fourth-order valence-electron chi connectivity index (χ4n) is 3.04. The summed E-state index contributed by atoms with van der Waals surface area (Å²) in [5.74, 6) is -0.179. The first-order valence-electron chi connectivity index (χ1n) is 8.74. The van der Waals surface area contributed by atoms with Crippen LogP contribution in [0.5, 0.6) is 0 Å². The topological polar surface area (TPSA) is 57.1 Å². The summed E-state index contributed by atoms with van der Waals surface area (Å²) in [6.45, 7) is 5.83. The number of hydrogen-bond donors (Lipinski definition) is 0. The maximum absolute atomic E-state index is 12.9. The van der Waals surface area contributed by atoms with Crippen LogP contribution in [0.15, 0.2) is 65.7 Å². The van der Waals surface area contributed by atoms with Gasteiger partial charge in [0, 0.05) is 12.2 Å². The highest BCUT2D eigenvalue weighted by Crippen LogP contribution is 2.38. The minimum absolute atomic E-state index is 0.301. The smallest absolute Gasteiger partial charge is 0.347 e. The summed E-state index contributed by atoms with van der Waals surface area (Å²) in [6, 6.07) is 18.5. The first-order valence-corrected chi connectivity index (χ1v) is 8.74. The predicted molar refractivity (Wildman–Crippen MR) is 98.8 cm³/mol. The van der Waals surface area contributed by atoms with Crippen molar-refractivity contribution in [3.05, 3.63) is 71.8 Å². The Morgan fingerprint density at radius 1 is 1.12 bits per heavy atom. The SMILES string of the molecule is CCOC(C)OC1(C)C(=O)OC(c2ccccc2)=NC1c1ccccc1. The van der Waals surface area contributed by atoms with Gasteiger partial charge >= 0.3 is 5.97 Å². The maximum Gasteiger partial charge on any atom is 0.347 e. The molecule has 0 N–H and O–H groups in total. The molecule has 0 saturated carbocycles. The summed E-state index contributed by atoms with van der Waals surface area (Å²) in [6.07, 6.45) is -0.558. The number of hydrogen-bond acceptors (Lipinski definition) is 5. The van der Waals surface area contributed by atoms with Crippen molar-refractivity contribution < 1.29 is 19.0 Å². The zero-order chi connectivity index (χ0) is 18.6. The molecule has 5 nitrogen and oxygen atoms in total. The average molecular weight is 353 g/mol. The maximum atomic E-state index is 12.9. The Bertz CT molecular complexity index is 775. The van der Waals surface area contributed by atoms with E-state index >= 15 is 0 Å². The van der Waals surface area contributed by atoms with Crippen LogP contribution in [0.4, 0.5) is 0 Å². The second kappa shape index (κ2) is 7.81. The second-order valence-corrected chi connectivity index (χ2v) is 6.25. The molecule has 2 aromatic carbocycles. The molecule has 1 heterocycles. The van der Waals surface area contributed by atoms with E-state index in [0.717, 1.165) is 11.1 Å². The molecule has 0 spiro atoms. The molecule has 0 radical (unpaired) electrons. The lowest BCUT2D eigenvalue weighted by Crippen LogP contribution is -2.51. The Balaban J connectivity index is 2.04. The van der Waals surface area contributed by atoms with Crippen molar-refractivity contribution in [1.82, 2.24) is 0 Å². The molecule has 136 valence electrons. The number of cyclic esters (lactones) is 1. The van der Waals surface area contributed by atoms with Gasteiger partial charge in [0.25, 0.3) is 0 Å². The van der Waals surface area contributed by atoms with Gasteiger partial charge in [-0.2, -0.15) is 0 Å². The van der Waals surface area contributed by atoms with E-state index in [1.165, 1.54) is 0 Å². The normalized spacial score (nSPS) is 23.9. The van der Waals surface area contributed by atoms with Crippen LogP contribution in [0.1, 0.15) is 37.9 Å². The number of esters is 1. The van der Waals surface area contributed by atoms with E-state index in [4.69, 9.17) is 19.2 Å². The molecule has 26 heavy (non-hydrogen) atoms. The molecule has 0 aliphatic carbocycles. The van der Waals surface area contributed by atoms with Crippen molar-refractivity contribution in [2.75, 3.05) is 6.61 Å². The number of ether oxygens (including phenoxy) is 3. The van der Waals surface area contributed by atoms with Gasteiger partial charge in [-0.1, -0.05) is 48.5 Å². The Kier molecular flexibility index (Phi) is 5.49. The average Bonchev–Trinajstić information content (AvgIpc) is 2.65. The van der Waals surface area contributed by atoms with Crippen LogP contribution in [0.25, 0.3) is 0 Å². The molecule has 2 aromatic rings. The van der Waals surface area contributed by atoms with E-state index in [9.17, 15) is 4.79 Å². The van der Waals surface area contributed by atoms with Gasteiger partial charge in [0.05, 0.1) is 0 Å². The number of aliphatic imine (C=N–C) groups is 1. The highest BCUT2D eigenvalue weighted by molar-refractivity contribution is 6.04. The molecule has 3 rings (SSSR count). The summed E-state index contributed by atoms with van der Waals surface area (Å²) < 4.78 is 17.0. The van der Waals surface area contributed by atoms with Gasteiger partial charge < -0.3 is 14.2 Å². The summed E-state index contributed by atoms with van der Waals surface area (Å²) in [5, 5.41) is 0. The number of benzene rings is 2. The number of carbonyl (C=O) groups excluding carboxylic acids is 1. The number of nitrogens with zero attached hydrogens (tertiary/aromatic N) is 1. The first kappa shape index (κ1) is 18.3. The lowest BCUT2D eigenvalue weighted by Gasteiger charge is -2.38. The third-order valence-electron chi connectivity index (χ3n) is 4.31. The molecular weight excluding hydrogens is 330 g/mol. The first-order chi connectivity index (χ1) is 12.5. The van der Waals surface area contributed by atoms with E-state index in [1.807, 2.05) is 67.6 Å². The van der Waals surface area contributed by atoms with Crippen molar-refractivity contribution in [3.63, 3.8) is 0 Å². The van der Waals surface area contributed by atoms with Gasteiger partial charge in [0.15, 0.2) is 11.9 Å². The van der Waals surface area contributed by atoms with Gasteiger partial charge in [-0.25, -0.2) is 9.79 Å². The standard InChI is InChI=1S/C21H23NO4/c1-4-24-15(2)26-21(3)18(16-11-7-5-8-12-16)22-19(25-20(21)23)17-13-9-6-10-14-17/h5-15,18H,4H2,1-3H3. The minimum atomic E-state index is -1.28. The van der Waals surface area contributed by atoms with Crippen molar-refractivity contribution in [2.24, 2.45) is 4.99 Å². The summed E-state index contributed by atoms with van der Waals surface area (Å²) in [7, 11) is 0. The van der Waals surface area contributed by atoms with Crippen LogP contribution in [0, 0.1) is 0 Å². The molecule has 0 bridgehead atoms. The van der Waals surface area contributed by atoms with Crippen LogP contribution in [-0.4, -0.2) is 30.4 Å². The monoisotopic (exact) mass is 353 g/mol. The largest absolute Gasteiger partial charge is 0.405 e. The molecule has 3 atom stereocenters. The van der Waals surface area contributed by atoms with E-state index in [1.54, 1.807) is 13.8 Å². The zero-order valence-corrected chi connectivity index (χ0v) is 15.2. The Hall–Kier alpha value is -2.50. The van der Waals surface area contributed by atoms with Crippen molar-refractivity contribution >= 4 is 11.9 Å².